The second-order valence-electron chi connectivity index (χ2n) is 14.0. The summed E-state index contributed by atoms with van der Waals surface area (Å²) in [6.45, 7) is 3.58. The third-order valence-electron chi connectivity index (χ3n) is 9.26. The van der Waals surface area contributed by atoms with Crippen molar-refractivity contribution >= 4 is 5.91 Å². The van der Waals surface area contributed by atoms with Crippen molar-refractivity contribution in [1.29, 1.82) is 0 Å². The van der Waals surface area contributed by atoms with Crippen molar-refractivity contribution in [3.63, 3.8) is 0 Å². The van der Waals surface area contributed by atoms with E-state index in [9.17, 15) is 30.3 Å². The van der Waals surface area contributed by atoms with Crippen LogP contribution in [0.25, 0.3) is 0 Å². The summed E-state index contributed by atoms with van der Waals surface area (Å²) in [7, 11) is 0. The maximum atomic E-state index is 12.9. The highest BCUT2D eigenvalue weighted by molar-refractivity contribution is 5.76. The smallest absolute Gasteiger partial charge is 0.220 e. The van der Waals surface area contributed by atoms with E-state index in [1.807, 2.05) is 6.08 Å². The molecule has 0 bridgehead atoms. The standard InChI is InChI=1S/C44H75NO8/c1-3-5-7-9-11-13-15-17-18-19-20-22-24-26-28-30-32-34-40(48)45-37(36-52-44-43(51)42(50)41(49)39(35-46)53-44)38(47)33-31-29-27-25-23-21-16-14-12-10-8-6-4-2/h5,7,11,13,17-18,20,22-23,25,31,33,37-39,41-44,46-47,49-51H,3-4,6,8-10,12,14-16,19,21,24,26-30,32,34-36H2,1-2H3,(H,45,48)/b7-5-,13-11-,18-17-,22-20-,25-23+,33-31+. The lowest BCUT2D eigenvalue weighted by Gasteiger charge is -2.40. The van der Waals surface area contributed by atoms with Gasteiger partial charge in [-0.05, 0) is 70.6 Å². The average molecular weight is 746 g/mol. The van der Waals surface area contributed by atoms with Crippen LogP contribution in [0.2, 0.25) is 0 Å². The van der Waals surface area contributed by atoms with E-state index in [1.165, 1.54) is 44.9 Å². The lowest BCUT2D eigenvalue weighted by molar-refractivity contribution is -0.302. The molecule has 0 radical (unpaired) electrons. The topological polar surface area (TPSA) is 149 Å². The number of rotatable bonds is 32. The Bertz CT molecular complexity index is 1050. The lowest BCUT2D eigenvalue weighted by Crippen LogP contribution is -2.60. The zero-order chi connectivity index (χ0) is 38.8. The van der Waals surface area contributed by atoms with E-state index in [2.05, 4.69) is 79.9 Å². The maximum Gasteiger partial charge on any atom is 0.220 e. The first-order valence-electron chi connectivity index (χ1n) is 20.7. The van der Waals surface area contributed by atoms with E-state index in [0.717, 1.165) is 77.0 Å². The predicted octanol–water partition coefficient (Wildman–Crippen LogP) is 7.83. The first-order chi connectivity index (χ1) is 25.8. The number of aliphatic hydroxyl groups is 5. The van der Waals surface area contributed by atoms with Crippen molar-refractivity contribution < 1.29 is 39.8 Å². The van der Waals surface area contributed by atoms with Crippen LogP contribution in [0, 0.1) is 0 Å². The summed E-state index contributed by atoms with van der Waals surface area (Å²) in [4.78, 5) is 12.9. The van der Waals surface area contributed by atoms with Gasteiger partial charge in [0.25, 0.3) is 0 Å². The number of amides is 1. The highest BCUT2D eigenvalue weighted by Gasteiger charge is 2.44. The van der Waals surface area contributed by atoms with Gasteiger partial charge in [-0.1, -0.05) is 138 Å². The summed E-state index contributed by atoms with van der Waals surface area (Å²) < 4.78 is 11.1. The molecule has 1 amide bonds. The van der Waals surface area contributed by atoms with Gasteiger partial charge in [0.1, 0.15) is 24.4 Å². The van der Waals surface area contributed by atoms with Crippen molar-refractivity contribution in [1.82, 2.24) is 5.32 Å². The van der Waals surface area contributed by atoms with Crippen LogP contribution in [0.1, 0.15) is 142 Å². The molecule has 1 rings (SSSR count). The van der Waals surface area contributed by atoms with Crippen LogP contribution >= 0.6 is 0 Å². The first-order valence-corrected chi connectivity index (χ1v) is 20.7. The Morgan fingerprint density at radius 3 is 1.81 bits per heavy atom. The van der Waals surface area contributed by atoms with Crippen molar-refractivity contribution in [2.75, 3.05) is 13.2 Å². The van der Waals surface area contributed by atoms with E-state index in [0.29, 0.717) is 6.42 Å². The molecule has 0 aromatic carbocycles. The van der Waals surface area contributed by atoms with Crippen molar-refractivity contribution in [3.05, 3.63) is 72.9 Å². The van der Waals surface area contributed by atoms with E-state index in [1.54, 1.807) is 6.08 Å². The van der Waals surface area contributed by atoms with E-state index >= 15 is 0 Å². The van der Waals surface area contributed by atoms with Gasteiger partial charge in [0.15, 0.2) is 6.29 Å². The Morgan fingerprint density at radius 1 is 0.660 bits per heavy atom. The zero-order valence-electron chi connectivity index (χ0n) is 33.0. The quantitative estimate of drug-likeness (QED) is 0.0302. The second-order valence-corrected chi connectivity index (χ2v) is 14.0. The summed E-state index contributed by atoms with van der Waals surface area (Å²) >= 11 is 0. The molecule has 1 aliphatic rings. The normalized spacial score (nSPS) is 22.4. The van der Waals surface area contributed by atoms with Crippen LogP contribution in [0.3, 0.4) is 0 Å². The minimum Gasteiger partial charge on any atom is -0.394 e. The molecular formula is C44H75NO8. The fraction of sp³-hybridized carbons (Fsp3) is 0.705. The number of hydrogen-bond acceptors (Lipinski definition) is 8. The molecule has 304 valence electrons. The fourth-order valence-corrected chi connectivity index (χ4v) is 5.92. The summed E-state index contributed by atoms with van der Waals surface area (Å²) in [5.74, 6) is -0.216. The Balaban J connectivity index is 2.47. The zero-order valence-corrected chi connectivity index (χ0v) is 33.0. The maximum absolute atomic E-state index is 12.9. The molecule has 1 aliphatic heterocycles. The van der Waals surface area contributed by atoms with Gasteiger partial charge in [-0.15, -0.1) is 0 Å². The molecule has 9 nitrogen and oxygen atoms in total. The SMILES string of the molecule is CC/C=C\C/C=C\C/C=C\C/C=C\CCCCCCC(=O)NC(COC1OC(CO)C(O)C(O)C1O)C(O)/C=C/CC/C=C/CCCCCCCCC. The molecule has 7 atom stereocenters. The van der Waals surface area contributed by atoms with Gasteiger partial charge in [-0.2, -0.15) is 0 Å². The van der Waals surface area contributed by atoms with Crippen LogP contribution in [0.4, 0.5) is 0 Å². The number of carbonyl (C=O) groups excluding carboxylic acids is 1. The van der Waals surface area contributed by atoms with E-state index in [-0.39, 0.29) is 12.5 Å². The number of ether oxygens (including phenoxy) is 2. The fourth-order valence-electron chi connectivity index (χ4n) is 5.92. The molecule has 7 unspecified atom stereocenters. The summed E-state index contributed by atoms with van der Waals surface area (Å²) in [6.07, 6.45) is 38.0. The van der Waals surface area contributed by atoms with Gasteiger partial charge < -0.3 is 40.3 Å². The summed E-state index contributed by atoms with van der Waals surface area (Å²) in [6, 6.07) is -0.836. The van der Waals surface area contributed by atoms with Gasteiger partial charge in [0.05, 0.1) is 25.4 Å². The molecule has 0 aromatic heterocycles. The van der Waals surface area contributed by atoms with Crippen LogP contribution in [0.15, 0.2) is 72.9 Å². The van der Waals surface area contributed by atoms with E-state index in [4.69, 9.17) is 9.47 Å². The molecule has 0 spiro atoms. The molecule has 9 heteroatoms. The number of allylic oxidation sites excluding steroid dienone is 11. The Labute approximate surface area is 321 Å². The third-order valence-corrected chi connectivity index (χ3v) is 9.26. The number of aliphatic hydroxyl groups excluding tert-OH is 5. The highest BCUT2D eigenvalue weighted by atomic mass is 16.7. The largest absolute Gasteiger partial charge is 0.394 e. The summed E-state index contributed by atoms with van der Waals surface area (Å²) in [5.41, 5.74) is 0. The Morgan fingerprint density at radius 2 is 1.19 bits per heavy atom. The van der Waals surface area contributed by atoms with Crippen LogP contribution < -0.4 is 5.32 Å². The van der Waals surface area contributed by atoms with Gasteiger partial charge >= 0.3 is 0 Å². The van der Waals surface area contributed by atoms with Crippen LogP contribution in [0.5, 0.6) is 0 Å². The Kier molecular flexibility index (Phi) is 31.3. The summed E-state index contributed by atoms with van der Waals surface area (Å²) in [5, 5.41) is 54.0. The predicted molar refractivity (Wildman–Crippen MR) is 216 cm³/mol. The molecule has 1 fully saturated rings. The van der Waals surface area contributed by atoms with Crippen molar-refractivity contribution in [3.8, 4) is 0 Å². The molecule has 0 saturated carbocycles. The number of unbranched alkanes of at least 4 members (excludes halogenated alkanes) is 12. The van der Waals surface area contributed by atoms with Crippen molar-refractivity contribution in [2.45, 2.75) is 185 Å². The monoisotopic (exact) mass is 746 g/mol. The first kappa shape index (κ1) is 48.6. The third kappa shape index (κ3) is 25.4. The van der Waals surface area contributed by atoms with Crippen LogP contribution in [-0.2, 0) is 14.3 Å². The minimum absolute atomic E-state index is 0.215. The van der Waals surface area contributed by atoms with Gasteiger partial charge in [-0.25, -0.2) is 0 Å². The molecular weight excluding hydrogens is 670 g/mol. The number of nitrogens with one attached hydrogen (secondary N) is 1. The molecule has 53 heavy (non-hydrogen) atoms. The highest BCUT2D eigenvalue weighted by Crippen LogP contribution is 2.22. The average Bonchev–Trinajstić information content (AvgIpc) is 3.16. The Hall–Kier alpha value is -2.37. The molecule has 0 aliphatic carbocycles. The molecule has 0 aromatic rings. The lowest BCUT2D eigenvalue weighted by atomic mass is 9.99. The van der Waals surface area contributed by atoms with Gasteiger partial charge in [0, 0.05) is 6.42 Å². The second kappa shape index (κ2) is 34.1. The van der Waals surface area contributed by atoms with Gasteiger partial charge in [0.2, 0.25) is 5.91 Å². The van der Waals surface area contributed by atoms with Gasteiger partial charge in [-0.3, -0.25) is 4.79 Å². The minimum atomic E-state index is -1.58. The molecule has 6 N–H and O–H groups in total. The number of hydrogen-bond donors (Lipinski definition) is 6. The number of carbonyl (C=O) groups is 1. The molecule has 1 saturated heterocycles. The van der Waals surface area contributed by atoms with Crippen LogP contribution in [-0.4, -0.2) is 87.5 Å². The molecule has 1 heterocycles. The van der Waals surface area contributed by atoms with E-state index < -0.39 is 49.5 Å². The van der Waals surface area contributed by atoms with Crippen molar-refractivity contribution in [2.24, 2.45) is 0 Å².